The van der Waals surface area contributed by atoms with Gasteiger partial charge in [-0.1, -0.05) is 12.1 Å². The first-order valence-electron chi connectivity index (χ1n) is 8.30. The molecule has 1 aliphatic heterocycles. The molecular formula is C19H21BrN2O3S. The number of hydrogen-bond acceptors (Lipinski definition) is 3. The summed E-state index contributed by atoms with van der Waals surface area (Å²) in [5.74, 6) is -0.0889. The van der Waals surface area contributed by atoms with Gasteiger partial charge in [-0.25, -0.2) is 8.42 Å². The van der Waals surface area contributed by atoms with E-state index in [1.54, 1.807) is 17.0 Å². The number of nitrogens with zero attached hydrogens (tertiary/aromatic N) is 2. The Kier molecular flexibility index (Phi) is 4.88. The van der Waals surface area contributed by atoms with E-state index in [-0.39, 0.29) is 16.8 Å². The van der Waals surface area contributed by atoms with Gasteiger partial charge >= 0.3 is 0 Å². The van der Waals surface area contributed by atoms with Gasteiger partial charge in [-0.2, -0.15) is 0 Å². The molecule has 0 saturated heterocycles. The minimum Gasteiger partial charge on any atom is -0.309 e. The van der Waals surface area contributed by atoms with Crippen LogP contribution in [0.3, 0.4) is 0 Å². The van der Waals surface area contributed by atoms with Crippen molar-refractivity contribution >= 4 is 43.2 Å². The Hall–Kier alpha value is -1.86. The van der Waals surface area contributed by atoms with Crippen molar-refractivity contribution < 1.29 is 13.2 Å². The number of hydrogen-bond donors (Lipinski definition) is 0. The van der Waals surface area contributed by atoms with Crippen LogP contribution in [0.2, 0.25) is 0 Å². The molecule has 138 valence electrons. The molecule has 7 heteroatoms. The molecule has 1 aliphatic rings. The van der Waals surface area contributed by atoms with E-state index in [9.17, 15) is 13.2 Å². The number of halogens is 1. The number of aryl methyl sites for hydroxylation is 1. The second kappa shape index (κ2) is 6.70. The van der Waals surface area contributed by atoms with Gasteiger partial charge < -0.3 is 4.90 Å². The third-order valence-electron chi connectivity index (χ3n) is 4.69. The first kappa shape index (κ1) is 18.9. The lowest BCUT2D eigenvalue weighted by atomic mass is 10.1. The van der Waals surface area contributed by atoms with Crippen LogP contribution in [0.5, 0.6) is 0 Å². The lowest BCUT2D eigenvalue weighted by molar-refractivity contribution is -0.116. The van der Waals surface area contributed by atoms with Crippen molar-refractivity contribution in [1.29, 1.82) is 0 Å². The number of rotatable bonds is 3. The van der Waals surface area contributed by atoms with Crippen LogP contribution in [-0.4, -0.2) is 27.4 Å². The van der Waals surface area contributed by atoms with Gasteiger partial charge in [0.15, 0.2) is 0 Å². The fraction of sp³-hybridized carbons (Fsp3) is 0.316. The highest BCUT2D eigenvalue weighted by molar-refractivity contribution is 9.10. The maximum absolute atomic E-state index is 13.2. The van der Waals surface area contributed by atoms with E-state index in [1.165, 1.54) is 18.3 Å². The van der Waals surface area contributed by atoms with Crippen molar-refractivity contribution in [2.75, 3.05) is 16.3 Å². The average molecular weight is 437 g/mol. The Morgan fingerprint density at radius 3 is 2.58 bits per heavy atom. The van der Waals surface area contributed by atoms with E-state index >= 15 is 0 Å². The summed E-state index contributed by atoms with van der Waals surface area (Å²) in [6.07, 6.45) is 0.710. The smallest absolute Gasteiger partial charge is 0.265 e. The van der Waals surface area contributed by atoms with Gasteiger partial charge in [0.05, 0.1) is 5.69 Å². The Balaban J connectivity index is 2.11. The lowest BCUT2D eigenvalue weighted by Gasteiger charge is -2.23. The minimum absolute atomic E-state index is 0.0156. The fourth-order valence-corrected chi connectivity index (χ4v) is 5.66. The molecule has 2 aromatic rings. The van der Waals surface area contributed by atoms with Crippen LogP contribution in [0.1, 0.15) is 25.0 Å². The molecule has 26 heavy (non-hydrogen) atoms. The number of carbonyl (C=O) groups is 1. The molecule has 0 aliphatic carbocycles. The fourth-order valence-electron chi connectivity index (χ4n) is 3.41. The molecule has 0 radical (unpaired) electrons. The largest absolute Gasteiger partial charge is 0.309 e. The number of amides is 1. The van der Waals surface area contributed by atoms with Crippen LogP contribution in [0.15, 0.2) is 45.8 Å². The maximum Gasteiger partial charge on any atom is 0.265 e. The number of anilines is 2. The predicted octanol–water partition coefficient (Wildman–Crippen LogP) is 3.88. The van der Waals surface area contributed by atoms with Gasteiger partial charge in [0.2, 0.25) is 5.91 Å². The zero-order chi connectivity index (χ0) is 19.2. The van der Waals surface area contributed by atoms with E-state index < -0.39 is 10.0 Å². The summed E-state index contributed by atoms with van der Waals surface area (Å²) in [6, 6.07) is 10.8. The highest BCUT2D eigenvalue weighted by atomic mass is 79.9. The molecule has 0 N–H and O–H groups in total. The van der Waals surface area contributed by atoms with E-state index in [0.29, 0.717) is 22.3 Å². The molecule has 0 aromatic heterocycles. The summed E-state index contributed by atoms with van der Waals surface area (Å²) >= 11 is 3.41. The van der Waals surface area contributed by atoms with Gasteiger partial charge in [0.1, 0.15) is 4.90 Å². The highest BCUT2D eigenvalue weighted by Crippen LogP contribution is 2.39. The second-order valence-corrected chi connectivity index (χ2v) is 9.46. The van der Waals surface area contributed by atoms with Crippen LogP contribution in [-0.2, 0) is 21.2 Å². The molecular weight excluding hydrogens is 416 g/mol. The molecule has 5 nitrogen and oxygen atoms in total. The molecule has 1 heterocycles. The number of carbonyl (C=O) groups excluding carboxylic acids is 1. The summed E-state index contributed by atoms with van der Waals surface area (Å²) < 4.78 is 28.2. The average Bonchev–Trinajstić information content (AvgIpc) is 2.88. The first-order valence-corrected chi connectivity index (χ1v) is 10.5. The maximum atomic E-state index is 13.2. The summed E-state index contributed by atoms with van der Waals surface area (Å²) in [7, 11) is -2.24. The normalized spacial score (nSPS) is 16.5. The Bertz CT molecular complexity index is 988. The van der Waals surface area contributed by atoms with Crippen molar-refractivity contribution in [2.45, 2.75) is 38.1 Å². The molecule has 0 bridgehead atoms. The van der Waals surface area contributed by atoms with Gasteiger partial charge in [0.25, 0.3) is 10.0 Å². The minimum atomic E-state index is -3.78. The molecule has 1 amide bonds. The van der Waals surface area contributed by atoms with Crippen molar-refractivity contribution in [2.24, 2.45) is 0 Å². The first-order chi connectivity index (χ1) is 12.1. The molecule has 1 atom stereocenters. The van der Waals surface area contributed by atoms with E-state index in [2.05, 4.69) is 15.9 Å². The van der Waals surface area contributed by atoms with Crippen LogP contribution < -0.4 is 9.21 Å². The highest BCUT2D eigenvalue weighted by Gasteiger charge is 2.33. The predicted molar refractivity (Wildman–Crippen MR) is 107 cm³/mol. The molecule has 3 rings (SSSR count). The summed E-state index contributed by atoms with van der Waals surface area (Å²) in [4.78, 5) is 13.8. The van der Waals surface area contributed by atoms with Crippen LogP contribution in [0.25, 0.3) is 0 Å². The van der Waals surface area contributed by atoms with E-state index in [0.717, 1.165) is 11.1 Å². The topological polar surface area (TPSA) is 57.7 Å². The van der Waals surface area contributed by atoms with Crippen molar-refractivity contribution in [1.82, 2.24) is 0 Å². The standard InChI is InChI=1S/C19H21BrN2O3S/c1-12-6-5-7-16(8-12)21(4)26(24,25)19-11-18-15(10-17(19)20)9-13(2)22(18)14(3)23/h5-8,10-11,13H,9H2,1-4H3/t13-/m1/s1. The third kappa shape index (κ3) is 3.14. The summed E-state index contributed by atoms with van der Waals surface area (Å²) in [6.45, 7) is 5.38. The van der Waals surface area contributed by atoms with Gasteiger partial charge in [-0.3, -0.25) is 9.10 Å². The van der Waals surface area contributed by atoms with Crippen molar-refractivity contribution in [3.8, 4) is 0 Å². The van der Waals surface area contributed by atoms with Crippen molar-refractivity contribution in [3.05, 3.63) is 52.0 Å². The summed E-state index contributed by atoms with van der Waals surface area (Å²) in [5.41, 5.74) is 3.21. The Labute approximate surface area is 162 Å². The molecule has 2 aromatic carbocycles. The zero-order valence-corrected chi connectivity index (χ0v) is 17.6. The third-order valence-corrected chi connectivity index (χ3v) is 7.44. The van der Waals surface area contributed by atoms with Crippen LogP contribution in [0.4, 0.5) is 11.4 Å². The van der Waals surface area contributed by atoms with Crippen molar-refractivity contribution in [3.63, 3.8) is 0 Å². The molecule has 0 fully saturated rings. The molecule has 0 spiro atoms. The zero-order valence-electron chi connectivity index (χ0n) is 15.2. The monoisotopic (exact) mass is 436 g/mol. The number of benzene rings is 2. The van der Waals surface area contributed by atoms with Crippen LogP contribution in [0, 0.1) is 6.92 Å². The Morgan fingerprint density at radius 2 is 1.96 bits per heavy atom. The quantitative estimate of drug-likeness (QED) is 0.733. The van der Waals surface area contributed by atoms with Gasteiger partial charge in [-0.05, 0) is 71.6 Å². The number of sulfonamides is 1. The van der Waals surface area contributed by atoms with E-state index in [1.807, 2.05) is 38.1 Å². The van der Waals surface area contributed by atoms with Gasteiger partial charge in [0, 0.05) is 30.2 Å². The molecule has 0 saturated carbocycles. The lowest BCUT2D eigenvalue weighted by Crippen LogP contribution is -2.33. The van der Waals surface area contributed by atoms with Crippen LogP contribution >= 0.6 is 15.9 Å². The molecule has 0 unspecified atom stereocenters. The summed E-state index contributed by atoms with van der Waals surface area (Å²) in [5, 5.41) is 0. The second-order valence-electron chi connectivity index (χ2n) is 6.67. The Morgan fingerprint density at radius 1 is 1.27 bits per heavy atom. The van der Waals surface area contributed by atoms with Gasteiger partial charge in [-0.15, -0.1) is 0 Å². The number of fused-ring (bicyclic) bond motifs is 1. The van der Waals surface area contributed by atoms with E-state index in [4.69, 9.17) is 0 Å². The SMILES string of the molecule is CC(=O)N1c2cc(S(=O)(=O)N(C)c3cccc(C)c3)c(Br)cc2C[C@H]1C.